The first-order chi connectivity index (χ1) is 12.3. The number of aromatic nitrogens is 1. The van der Waals surface area contributed by atoms with Crippen LogP contribution in [0.15, 0.2) is 53.3 Å². The molecule has 0 aliphatic carbocycles. The maximum atomic E-state index is 12.2. The van der Waals surface area contributed by atoms with Crippen molar-refractivity contribution in [2.75, 3.05) is 6.54 Å². The molecule has 0 atom stereocenters. The van der Waals surface area contributed by atoms with E-state index in [9.17, 15) is 13.2 Å². The molecule has 0 unspecified atom stereocenters. The van der Waals surface area contributed by atoms with Crippen LogP contribution in [0.1, 0.15) is 16.7 Å². The average molecular weight is 391 g/mol. The quantitative estimate of drug-likeness (QED) is 0.678. The van der Waals surface area contributed by atoms with Crippen LogP contribution in [-0.2, 0) is 22.2 Å². The Kier molecular flexibility index (Phi) is 5.46. The monoisotopic (exact) mass is 390 g/mol. The maximum Gasteiger partial charge on any atom is 0.251 e. The van der Waals surface area contributed by atoms with Crippen molar-refractivity contribution in [3.05, 3.63) is 80.6 Å². The second-order valence-corrected chi connectivity index (χ2v) is 8.49. The van der Waals surface area contributed by atoms with Gasteiger partial charge in [0.15, 0.2) is 0 Å². The SMILES string of the molecule is Cc1ccc2cc(CCNS(=O)(=O)Cc3ccc(Cl)cc3)c(=O)[nH]c2c1. The molecule has 0 aliphatic heterocycles. The summed E-state index contributed by atoms with van der Waals surface area (Å²) in [5, 5.41) is 1.49. The summed E-state index contributed by atoms with van der Waals surface area (Å²) in [4.78, 5) is 15.0. The standard InChI is InChI=1S/C19H19ClN2O3S/c1-13-2-5-15-11-16(19(23)22-18(15)10-13)8-9-21-26(24,25)12-14-3-6-17(20)7-4-14/h2-7,10-11,21H,8-9,12H2,1H3,(H,22,23). The van der Waals surface area contributed by atoms with Crippen molar-refractivity contribution in [3.63, 3.8) is 0 Å². The molecular weight excluding hydrogens is 372 g/mol. The summed E-state index contributed by atoms with van der Waals surface area (Å²) in [6, 6.07) is 14.3. The van der Waals surface area contributed by atoms with Crippen molar-refractivity contribution in [3.8, 4) is 0 Å². The number of hydrogen-bond donors (Lipinski definition) is 2. The van der Waals surface area contributed by atoms with Gasteiger partial charge in [-0.05, 0) is 54.1 Å². The van der Waals surface area contributed by atoms with Gasteiger partial charge in [-0.3, -0.25) is 4.79 Å². The van der Waals surface area contributed by atoms with Crippen LogP contribution in [0.4, 0.5) is 0 Å². The molecule has 26 heavy (non-hydrogen) atoms. The summed E-state index contributed by atoms with van der Waals surface area (Å²) < 4.78 is 26.9. The van der Waals surface area contributed by atoms with E-state index in [2.05, 4.69) is 9.71 Å². The molecule has 3 aromatic rings. The summed E-state index contributed by atoms with van der Waals surface area (Å²) in [5.74, 6) is -0.127. The highest BCUT2D eigenvalue weighted by Crippen LogP contribution is 2.14. The van der Waals surface area contributed by atoms with Gasteiger partial charge in [-0.15, -0.1) is 0 Å². The Labute approximate surface area is 157 Å². The van der Waals surface area contributed by atoms with E-state index in [1.807, 2.05) is 25.1 Å². The van der Waals surface area contributed by atoms with Gasteiger partial charge < -0.3 is 4.98 Å². The Morgan fingerprint density at radius 3 is 2.54 bits per heavy atom. The Bertz CT molecular complexity index is 1090. The Morgan fingerprint density at radius 2 is 1.81 bits per heavy atom. The fourth-order valence-electron chi connectivity index (χ4n) is 2.74. The molecular formula is C19H19ClN2O3S. The fraction of sp³-hybridized carbons (Fsp3) is 0.211. The Morgan fingerprint density at radius 1 is 1.08 bits per heavy atom. The molecule has 3 rings (SSSR count). The molecule has 0 amide bonds. The first-order valence-electron chi connectivity index (χ1n) is 8.17. The van der Waals surface area contributed by atoms with Crippen molar-refractivity contribution in [2.45, 2.75) is 19.1 Å². The molecule has 2 aromatic carbocycles. The molecule has 1 aromatic heterocycles. The van der Waals surface area contributed by atoms with Gasteiger partial charge in [-0.25, -0.2) is 13.1 Å². The highest BCUT2D eigenvalue weighted by Gasteiger charge is 2.12. The van der Waals surface area contributed by atoms with Gasteiger partial charge in [-0.2, -0.15) is 0 Å². The zero-order chi connectivity index (χ0) is 18.7. The van der Waals surface area contributed by atoms with E-state index in [0.717, 1.165) is 16.5 Å². The topological polar surface area (TPSA) is 79.0 Å². The summed E-state index contributed by atoms with van der Waals surface area (Å²) in [6.45, 7) is 2.12. The van der Waals surface area contributed by atoms with Crippen LogP contribution in [0.2, 0.25) is 5.02 Å². The Balaban J connectivity index is 1.66. The van der Waals surface area contributed by atoms with Gasteiger partial charge in [0.05, 0.1) is 5.75 Å². The third-order valence-corrected chi connectivity index (χ3v) is 5.67. The number of H-pyrrole nitrogens is 1. The van der Waals surface area contributed by atoms with E-state index in [-0.39, 0.29) is 17.9 Å². The zero-order valence-electron chi connectivity index (χ0n) is 14.3. The highest BCUT2D eigenvalue weighted by atomic mass is 35.5. The Hall–Kier alpha value is -2.15. The second kappa shape index (κ2) is 7.61. The predicted octanol–water partition coefficient (Wildman–Crippen LogP) is 3.15. The normalized spacial score (nSPS) is 11.8. The molecule has 0 fully saturated rings. The first-order valence-corrected chi connectivity index (χ1v) is 10.2. The van der Waals surface area contributed by atoms with Gasteiger partial charge in [0, 0.05) is 22.6 Å². The van der Waals surface area contributed by atoms with Gasteiger partial charge in [-0.1, -0.05) is 35.9 Å². The highest BCUT2D eigenvalue weighted by molar-refractivity contribution is 7.88. The molecule has 2 N–H and O–H groups in total. The van der Waals surface area contributed by atoms with Gasteiger partial charge >= 0.3 is 0 Å². The van der Waals surface area contributed by atoms with Gasteiger partial charge in [0.2, 0.25) is 10.0 Å². The minimum Gasteiger partial charge on any atom is -0.322 e. The lowest BCUT2D eigenvalue weighted by Gasteiger charge is -2.08. The first kappa shape index (κ1) is 18.6. The summed E-state index contributed by atoms with van der Waals surface area (Å²) in [7, 11) is -3.48. The third-order valence-electron chi connectivity index (χ3n) is 4.06. The van der Waals surface area contributed by atoms with Crippen LogP contribution in [0.25, 0.3) is 10.9 Å². The molecule has 0 saturated carbocycles. The van der Waals surface area contributed by atoms with Gasteiger partial charge in [0.25, 0.3) is 5.56 Å². The molecule has 5 nitrogen and oxygen atoms in total. The number of nitrogens with one attached hydrogen (secondary N) is 2. The van der Waals surface area contributed by atoms with Crippen molar-refractivity contribution < 1.29 is 8.42 Å². The van der Waals surface area contributed by atoms with Gasteiger partial charge in [0.1, 0.15) is 0 Å². The lowest BCUT2D eigenvalue weighted by molar-refractivity contribution is 0.580. The molecule has 0 bridgehead atoms. The zero-order valence-corrected chi connectivity index (χ0v) is 15.8. The lowest BCUT2D eigenvalue weighted by atomic mass is 10.1. The number of benzene rings is 2. The van der Waals surface area contributed by atoms with Crippen LogP contribution >= 0.6 is 11.6 Å². The second-order valence-electron chi connectivity index (χ2n) is 6.24. The molecule has 0 radical (unpaired) electrons. The number of aryl methyl sites for hydroxylation is 1. The molecule has 136 valence electrons. The number of sulfonamides is 1. The predicted molar refractivity (Wildman–Crippen MR) is 105 cm³/mol. The number of halogens is 1. The van der Waals surface area contributed by atoms with E-state index in [0.29, 0.717) is 22.6 Å². The smallest absolute Gasteiger partial charge is 0.251 e. The van der Waals surface area contributed by atoms with E-state index in [4.69, 9.17) is 11.6 Å². The number of hydrogen-bond acceptors (Lipinski definition) is 3. The maximum absolute atomic E-state index is 12.2. The van der Waals surface area contributed by atoms with Crippen LogP contribution in [0, 0.1) is 6.92 Å². The van der Waals surface area contributed by atoms with Crippen molar-refractivity contribution in [2.24, 2.45) is 0 Å². The van der Waals surface area contributed by atoms with Crippen LogP contribution in [0.3, 0.4) is 0 Å². The molecule has 1 heterocycles. The van der Waals surface area contributed by atoms with Crippen molar-refractivity contribution in [1.82, 2.24) is 9.71 Å². The molecule has 7 heteroatoms. The van der Waals surface area contributed by atoms with E-state index >= 15 is 0 Å². The van der Waals surface area contributed by atoms with Crippen molar-refractivity contribution >= 4 is 32.5 Å². The summed E-state index contributed by atoms with van der Waals surface area (Å²) >= 11 is 5.80. The third kappa shape index (κ3) is 4.72. The number of fused-ring (bicyclic) bond motifs is 1. The number of rotatable bonds is 6. The number of aromatic amines is 1. The van der Waals surface area contributed by atoms with Crippen molar-refractivity contribution in [1.29, 1.82) is 0 Å². The van der Waals surface area contributed by atoms with E-state index < -0.39 is 10.0 Å². The lowest BCUT2D eigenvalue weighted by Crippen LogP contribution is -2.28. The van der Waals surface area contributed by atoms with Crippen LogP contribution in [0.5, 0.6) is 0 Å². The minimum absolute atomic E-state index is 0.127. The minimum atomic E-state index is -3.48. The molecule has 0 aliphatic rings. The van der Waals surface area contributed by atoms with Crippen LogP contribution < -0.4 is 10.3 Å². The largest absolute Gasteiger partial charge is 0.322 e. The van der Waals surface area contributed by atoms with Crippen LogP contribution in [-0.4, -0.2) is 19.9 Å². The van der Waals surface area contributed by atoms with E-state index in [1.165, 1.54) is 0 Å². The molecule has 0 spiro atoms. The number of pyridine rings is 1. The molecule has 0 saturated heterocycles. The summed E-state index contributed by atoms with van der Waals surface area (Å²) in [5.41, 5.74) is 2.86. The average Bonchev–Trinajstić information content (AvgIpc) is 2.57. The van der Waals surface area contributed by atoms with E-state index in [1.54, 1.807) is 30.3 Å². The summed E-state index contributed by atoms with van der Waals surface area (Å²) in [6.07, 6.45) is 0.318. The fourth-order valence-corrected chi connectivity index (χ4v) is 4.01.